The van der Waals surface area contributed by atoms with Crippen molar-refractivity contribution in [2.45, 2.75) is 20.8 Å². The van der Waals surface area contributed by atoms with Gasteiger partial charge in [0.25, 0.3) is 5.91 Å². The zero-order valence-electron chi connectivity index (χ0n) is 12.1. The number of anilines is 1. The van der Waals surface area contributed by atoms with Crippen molar-refractivity contribution in [2.24, 2.45) is 5.41 Å². The molecule has 5 nitrogen and oxygen atoms in total. The van der Waals surface area contributed by atoms with Gasteiger partial charge in [0, 0.05) is 17.2 Å². The van der Waals surface area contributed by atoms with Gasteiger partial charge in [0.05, 0.1) is 7.11 Å². The molecular formula is C15H19NO4. The van der Waals surface area contributed by atoms with Crippen LogP contribution in [0, 0.1) is 5.41 Å². The first-order valence-corrected chi connectivity index (χ1v) is 6.14. The first-order chi connectivity index (χ1) is 9.24. The van der Waals surface area contributed by atoms with Gasteiger partial charge in [-0.3, -0.25) is 9.59 Å². The molecule has 1 aromatic carbocycles. The number of ether oxygens (including phenoxy) is 1. The number of benzene rings is 1. The van der Waals surface area contributed by atoms with Crippen molar-refractivity contribution in [2.75, 3.05) is 12.4 Å². The second kappa shape index (κ2) is 6.23. The molecule has 2 N–H and O–H groups in total. The number of hydrogen-bond donors (Lipinski definition) is 2. The van der Waals surface area contributed by atoms with Crippen LogP contribution < -0.4 is 10.1 Å². The molecule has 20 heavy (non-hydrogen) atoms. The fourth-order valence-electron chi connectivity index (χ4n) is 1.28. The molecule has 0 fully saturated rings. The van der Waals surface area contributed by atoms with E-state index in [1.807, 2.05) is 0 Å². The molecule has 0 bridgehead atoms. The van der Waals surface area contributed by atoms with Crippen LogP contribution in [0.4, 0.5) is 5.69 Å². The summed E-state index contributed by atoms with van der Waals surface area (Å²) in [5, 5.41) is 12.1. The van der Waals surface area contributed by atoms with Crippen LogP contribution >= 0.6 is 0 Å². The van der Waals surface area contributed by atoms with E-state index in [4.69, 9.17) is 4.74 Å². The fourth-order valence-corrected chi connectivity index (χ4v) is 1.28. The number of methoxy groups -OCH3 is 1. The normalized spacial score (nSPS) is 11.9. The molecule has 0 aromatic heterocycles. The summed E-state index contributed by atoms with van der Waals surface area (Å²) in [4.78, 5) is 23.4. The monoisotopic (exact) mass is 277 g/mol. The summed E-state index contributed by atoms with van der Waals surface area (Å²) in [5.41, 5.74) is -0.145. The lowest BCUT2D eigenvalue weighted by atomic mass is 9.90. The summed E-state index contributed by atoms with van der Waals surface area (Å²) in [5.74, 6) is -1.00. The van der Waals surface area contributed by atoms with Gasteiger partial charge >= 0.3 is 0 Å². The Hall–Kier alpha value is -2.30. The van der Waals surface area contributed by atoms with Crippen molar-refractivity contribution < 1.29 is 19.4 Å². The zero-order chi connectivity index (χ0) is 15.3. The quantitative estimate of drug-likeness (QED) is 0.655. The Morgan fingerprint density at radius 1 is 1.20 bits per heavy atom. The predicted molar refractivity (Wildman–Crippen MR) is 76.8 cm³/mol. The van der Waals surface area contributed by atoms with Gasteiger partial charge in [0.2, 0.25) is 0 Å². The van der Waals surface area contributed by atoms with E-state index in [2.05, 4.69) is 5.32 Å². The van der Waals surface area contributed by atoms with Crippen LogP contribution in [0.25, 0.3) is 0 Å². The molecule has 108 valence electrons. The van der Waals surface area contributed by atoms with Crippen LogP contribution in [-0.4, -0.2) is 23.9 Å². The number of carbonyl (C=O) groups excluding carboxylic acids is 2. The van der Waals surface area contributed by atoms with Crippen molar-refractivity contribution in [1.29, 1.82) is 0 Å². The number of carbonyl (C=O) groups is 2. The number of rotatable bonds is 4. The Balaban J connectivity index is 2.75. The lowest BCUT2D eigenvalue weighted by molar-refractivity contribution is -0.122. The van der Waals surface area contributed by atoms with Gasteiger partial charge in [-0.05, 0) is 24.3 Å². The number of allylic oxidation sites excluding steroid dienone is 1. The summed E-state index contributed by atoms with van der Waals surface area (Å²) < 4.78 is 4.99. The van der Waals surface area contributed by atoms with E-state index in [0.29, 0.717) is 11.4 Å². The van der Waals surface area contributed by atoms with E-state index in [1.54, 1.807) is 52.1 Å². The first kappa shape index (κ1) is 15.8. The Morgan fingerprint density at radius 3 is 2.20 bits per heavy atom. The molecule has 0 unspecified atom stereocenters. The van der Waals surface area contributed by atoms with Gasteiger partial charge in [-0.25, -0.2) is 0 Å². The summed E-state index contributed by atoms with van der Waals surface area (Å²) in [7, 11) is 1.54. The molecule has 0 aliphatic rings. The average molecular weight is 277 g/mol. The molecule has 1 rings (SSSR count). The molecular weight excluding hydrogens is 258 g/mol. The molecule has 0 saturated heterocycles. The summed E-state index contributed by atoms with van der Waals surface area (Å²) >= 11 is 0. The first-order valence-electron chi connectivity index (χ1n) is 6.14. The maximum atomic E-state index is 11.7. The highest BCUT2D eigenvalue weighted by atomic mass is 16.5. The Labute approximate surface area is 118 Å². The Morgan fingerprint density at radius 2 is 1.75 bits per heavy atom. The van der Waals surface area contributed by atoms with Crippen LogP contribution in [0.2, 0.25) is 0 Å². The molecule has 0 atom stereocenters. The molecule has 0 aliphatic heterocycles. The molecule has 0 spiro atoms. The SMILES string of the molecule is COc1ccc(NC(=O)/C(O)=C\C(=O)C(C)(C)C)cc1. The number of amides is 1. The summed E-state index contributed by atoms with van der Waals surface area (Å²) in [6.07, 6.45) is 0.943. The molecule has 1 amide bonds. The number of aliphatic hydroxyl groups excluding tert-OH is 1. The molecule has 0 heterocycles. The fraction of sp³-hybridized carbons (Fsp3) is 0.333. The average Bonchev–Trinajstić information content (AvgIpc) is 2.38. The molecule has 5 heteroatoms. The molecule has 1 aromatic rings. The van der Waals surface area contributed by atoms with E-state index < -0.39 is 17.1 Å². The van der Waals surface area contributed by atoms with Crippen LogP contribution in [-0.2, 0) is 9.59 Å². The third kappa shape index (κ3) is 4.42. The van der Waals surface area contributed by atoms with E-state index in [9.17, 15) is 14.7 Å². The predicted octanol–water partition coefficient (Wildman–Crippen LogP) is 2.69. The Bertz CT molecular complexity index is 524. The van der Waals surface area contributed by atoms with E-state index in [-0.39, 0.29) is 5.78 Å². The molecule has 0 aliphatic carbocycles. The van der Waals surface area contributed by atoms with Gasteiger partial charge in [-0.15, -0.1) is 0 Å². The van der Waals surface area contributed by atoms with Crippen molar-refractivity contribution >= 4 is 17.4 Å². The highest BCUT2D eigenvalue weighted by molar-refractivity contribution is 6.07. The van der Waals surface area contributed by atoms with E-state index in [1.165, 1.54) is 0 Å². The van der Waals surface area contributed by atoms with Crippen molar-refractivity contribution in [3.63, 3.8) is 0 Å². The van der Waals surface area contributed by atoms with E-state index in [0.717, 1.165) is 6.08 Å². The van der Waals surface area contributed by atoms with Crippen molar-refractivity contribution in [3.8, 4) is 5.75 Å². The summed E-state index contributed by atoms with van der Waals surface area (Å²) in [6, 6.07) is 6.62. The number of aliphatic hydroxyl groups is 1. The van der Waals surface area contributed by atoms with Crippen LogP contribution in [0.3, 0.4) is 0 Å². The van der Waals surface area contributed by atoms with Crippen molar-refractivity contribution in [3.05, 3.63) is 36.1 Å². The Kier molecular flexibility index (Phi) is 4.91. The van der Waals surface area contributed by atoms with Crippen LogP contribution in [0.15, 0.2) is 36.1 Å². The standard InChI is InChI=1S/C15H19NO4/c1-15(2,3)13(18)9-12(17)14(19)16-10-5-7-11(20-4)8-6-10/h5-9,17H,1-4H3,(H,16,19)/b12-9+. The smallest absolute Gasteiger partial charge is 0.290 e. The summed E-state index contributed by atoms with van der Waals surface area (Å²) in [6.45, 7) is 5.13. The highest BCUT2D eigenvalue weighted by Gasteiger charge is 2.21. The third-order valence-corrected chi connectivity index (χ3v) is 2.59. The molecule has 0 saturated carbocycles. The zero-order valence-corrected chi connectivity index (χ0v) is 12.1. The number of nitrogens with one attached hydrogen (secondary N) is 1. The minimum atomic E-state index is -0.729. The largest absolute Gasteiger partial charge is 0.503 e. The van der Waals surface area contributed by atoms with Gasteiger partial charge < -0.3 is 15.2 Å². The minimum absolute atomic E-state index is 0.320. The van der Waals surface area contributed by atoms with Gasteiger partial charge in [0.15, 0.2) is 11.5 Å². The third-order valence-electron chi connectivity index (χ3n) is 2.59. The second-order valence-electron chi connectivity index (χ2n) is 5.33. The highest BCUT2D eigenvalue weighted by Crippen LogP contribution is 2.17. The van der Waals surface area contributed by atoms with Gasteiger partial charge in [-0.2, -0.15) is 0 Å². The maximum absolute atomic E-state index is 11.7. The lowest BCUT2D eigenvalue weighted by Gasteiger charge is -2.13. The van der Waals surface area contributed by atoms with Gasteiger partial charge in [-0.1, -0.05) is 20.8 Å². The minimum Gasteiger partial charge on any atom is -0.503 e. The maximum Gasteiger partial charge on any atom is 0.290 e. The number of ketones is 1. The van der Waals surface area contributed by atoms with Crippen molar-refractivity contribution in [1.82, 2.24) is 0 Å². The van der Waals surface area contributed by atoms with E-state index >= 15 is 0 Å². The lowest BCUT2D eigenvalue weighted by Crippen LogP contribution is -2.21. The topological polar surface area (TPSA) is 75.6 Å². The van der Waals surface area contributed by atoms with Gasteiger partial charge in [0.1, 0.15) is 5.75 Å². The van der Waals surface area contributed by atoms with Crippen LogP contribution in [0.1, 0.15) is 20.8 Å². The second-order valence-corrected chi connectivity index (χ2v) is 5.33. The molecule has 0 radical (unpaired) electrons. The number of hydrogen-bond acceptors (Lipinski definition) is 4. The van der Waals surface area contributed by atoms with Crippen LogP contribution in [0.5, 0.6) is 5.75 Å².